The SMILES string of the molecule is CC(C)(C)n1ccnc(Sc2csc(C(=O)O)c2)c1=O. The first-order valence-electron chi connectivity index (χ1n) is 5.87. The molecule has 2 aromatic rings. The Bertz CT molecular complexity index is 698. The van der Waals surface area contributed by atoms with E-state index in [4.69, 9.17) is 5.11 Å². The molecule has 0 fully saturated rings. The van der Waals surface area contributed by atoms with Crippen LogP contribution in [0.3, 0.4) is 0 Å². The zero-order valence-corrected chi connectivity index (χ0v) is 12.9. The fourth-order valence-corrected chi connectivity index (χ4v) is 3.31. The Labute approximate surface area is 124 Å². The maximum absolute atomic E-state index is 12.3. The fraction of sp³-hybridized carbons (Fsp3) is 0.308. The van der Waals surface area contributed by atoms with Gasteiger partial charge in [-0.25, -0.2) is 9.78 Å². The van der Waals surface area contributed by atoms with Crippen LogP contribution in [0.15, 0.2) is 38.6 Å². The molecule has 0 aliphatic heterocycles. The third kappa shape index (κ3) is 3.10. The van der Waals surface area contributed by atoms with E-state index in [1.54, 1.807) is 28.4 Å². The zero-order valence-electron chi connectivity index (χ0n) is 11.3. The molecular formula is C13H14N2O3S2. The Kier molecular flexibility index (Phi) is 4.01. The highest BCUT2D eigenvalue weighted by molar-refractivity contribution is 7.99. The normalized spacial score (nSPS) is 11.6. The molecular weight excluding hydrogens is 296 g/mol. The molecule has 0 radical (unpaired) electrons. The Balaban J connectivity index is 2.34. The molecule has 0 unspecified atom stereocenters. The van der Waals surface area contributed by atoms with Crippen molar-refractivity contribution in [2.24, 2.45) is 0 Å². The summed E-state index contributed by atoms with van der Waals surface area (Å²) in [6, 6.07) is 1.55. The summed E-state index contributed by atoms with van der Waals surface area (Å²) < 4.78 is 1.62. The molecule has 2 aromatic heterocycles. The van der Waals surface area contributed by atoms with Gasteiger partial charge < -0.3 is 9.67 Å². The fourth-order valence-electron chi connectivity index (χ4n) is 1.59. The van der Waals surface area contributed by atoms with Gasteiger partial charge in [-0.3, -0.25) is 4.79 Å². The summed E-state index contributed by atoms with van der Waals surface area (Å²) in [7, 11) is 0. The molecule has 0 amide bonds. The maximum Gasteiger partial charge on any atom is 0.345 e. The van der Waals surface area contributed by atoms with Gasteiger partial charge in [-0.1, -0.05) is 11.8 Å². The van der Waals surface area contributed by atoms with Crippen molar-refractivity contribution >= 4 is 29.1 Å². The second-order valence-corrected chi connectivity index (χ2v) is 7.11. The summed E-state index contributed by atoms with van der Waals surface area (Å²) in [6.07, 6.45) is 3.24. The molecule has 0 aliphatic rings. The van der Waals surface area contributed by atoms with E-state index in [1.807, 2.05) is 20.8 Å². The molecule has 20 heavy (non-hydrogen) atoms. The van der Waals surface area contributed by atoms with Crippen LogP contribution in [0.5, 0.6) is 0 Å². The molecule has 0 saturated carbocycles. The number of nitrogens with zero attached hydrogens (tertiary/aromatic N) is 2. The number of carbonyl (C=O) groups is 1. The molecule has 0 aromatic carbocycles. The van der Waals surface area contributed by atoms with Crippen molar-refractivity contribution < 1.29 is 9.90 Å². The largest absolute Gasteiger partial charge is 0.477 e. The highest BCUT2D eigenvalue weighted by atomic mass is 32.2. The number of carboxylic acids is 1. The summed E-state index contributed by atoms with van der Waals surface area (Å²) in [6.45, 7) is 5.82. The van der Waals surface area contributed by atoms with Gasteiger partial charge in [0.2, 0.25) is 0 Å². The standard InChI is InChI=1S/C13H14N2O3S2/c1-13(2,3)15-5-4-14-10(11(15)16)20-8-6-9(12(17)18)19-7-8/h4-7H,1-3H3,(H,17,18). The van der Waals surface area contributed by atoms with Crippen LogP contribution in [0, 0.1) is 0 Å². The van der Waals surface area contributed by atoms with E-state index in [2.05, 4.69) is 4.98 Å². The maximum atomic E-state index is 12.3. The molecule has 1 N–H and O–H groups in total. The summed E-state index contributed by atoms with van der Waals surface area (Å²) in [5.41, 5.74) is -0.496. The van der Waals surface area contributed by atoms with E-state index in [1.165, 1.54) is 11.8 Å². The van der Waals surface area contributed by atoms with Crippen molar-refractivity contribution in [2.45, 2.75) is 36.2 Å². The monoisotopic (exact) mass is 310 g/mol. The number of rotatable bonds is 3. The van der Waals surface area contributed by atoms with Crippen molar-refractivity contribution in [1.29, 1.82) is 0 Å². The van der Waals surface area contributed by atoms with Crippen LogP contribution in [-0.4, -0.2) is 20.6 Å². The average molecular weight is 310 g/mol. The minimum atomic E-state index is -0.963. The first kappa shape index (κ1) is 14.8. The van der Waals surface area contributed by atoms with Crippen LogP contribution >= 0.6 is 23.1 Å². The predicted octanol–water partition coefficient (Wildman–Crippen LogP) is 2.91. The van der Waals surface area contributed by atoms with Gasteiger partial charge in [-0.2, -0.15) is 0 Å². The molecule has 0 bridgehead atoms. The molecule has 0 spiro atoms. The van der Waals surface area contributed by atoms with Gasteiger partial charge in [0, 0.05) is 28.2 Å². The minimum absolute atomic E-state index is 0.173. The molecule has 0 atom stereocenters. The van der Waals surface area contributed by atoms with Gasteiger partial charge >= 0.3 is 5.97 Å². The topological polar surface area (TPSA) is 72.2 Å². The second kappa shape index (κ2) is 5.41. The Hall–Kier alpha value is -1.60. The van der Waals surface area contributed by atoms with Gasteiger partial charge in [0.25, 0.3) is 5.56 Å². The molecule has 0 aliphatic carbocycles. The zero-order chi connectivity index (χ0) is 14.9. The quantitative estimate of drug-likeness (QED) is 0.943. The molecule has 7 heteroatoms. The lowest BCUT2D eigenvalue weighted by Gasteiger charge is -2.22. The van der Waals surface area contributed by atoms with Crippen molar-refractivity contribution in [3.8, 4) is 0 Å². The number of hydrogen-bond donors (Lipinski definition) is 1. The first-order valence-corrected chi connectivity index (χ1v) is 7.56. The lowest BCUT2D eigenvalue weighted by molar-refractivity contribution is 0.0702. The Morgan fingerprint density at radius 2 is 2.15 bits per heavy atom. The van der Waals surface area contributed by atoms with Crippen molar-refractivity contribution in [2.75, 3.05) is 0 Å². The molecule has 5 nitrogen and oxygen atoms in total. The predicted molar refractivity (Wildman–Crippen MR) is 78.9 cm³/mol. The van der Waals surface area contributed by atoms with Crippen LogP contribution in [0.2, 0.25) is 0 Å². The van der Waals surface area contributed by atoms with Crippen molar-refractivity contribution in [3.05, 3.63) is 39.1 Å². The number of carboxylic acid groups (broad SMARTS) is 1. The number of aromatic nitrogens is 2. The van der Waals surface area contributed by atoms with E-state index in [0.717, 1.165) is 11.3 Å². The molecule has 2 rings (SSSR count). The first-order chi connectivity index (χ1) is 9.29. The van der Waals surface area contributed by atoms with Crippen molar-refractivity contribution in [3.63, 3.8) is 0 Å². The lowest BCUT2D eigenvalue weighted by atomic mass is 10.1. The highest BCUT2D eigenvalue weighted by Gasteiger charge is 2.17. The highest BCUT2D eigenvalue weighted by Crippen LogP contribution is 2.28. The van der Waals surface area contributed by atoms with Crippen LogP contribution in [0.25, 0.3) is 0 Å². The van der Waals surface area contributed by atoms with E-state index in [9.17, 15) is 9.59 Å². The third-order valence-electron chi connectivity index (χ3n) is 2.53. The van der Waals surface area contributed by atoms with Gasteiger partial charge in [0.1, 0.15) is 4.88 Å². The number of aromatic carboxylic acids is 1. The van der Waals surface area contributed by atoms with Gasteiger partial charge in [-0.05, 0) is 26.8 Å². The third-order valence-corrected chi connectivity index (χ3v) is 4.54. The number of thiophene rings is 1. The molecule has 106 valence electrons. The van der Waals surface area contributed by atoms with Crippen molar-refractivity contribution in [1.82, 2.24) is 9.55 Å². The van der Waals surface area contributed by atoms with Crippen LogP contribution < -0.4 is 5.56 Å². The van der Waals surface area contributed by atoms with Crippen LogP contribution in [0.4, 0.5) is 0 Å². The lowest BCUT2D eigenvalue weighted by Crippen LogP contribution is -2.34. The van der Waals surface area contributed by atoms with E-state index in [-0.39, 0.29) is 16.0 Å². The van der Waals surface area contributed by atoms with Crippen LogP contribution in [-0.2, 0) is 5.54 Å². The summed E-state index contributed by atoms with van der Waals surface area (Å²) >= 11 is 2.32. The average Bonchev–Trinajstić information content (AvgIpc) is 2.79. The molecule has 0 saturated heterocycles. The Morgan fingerprint density at radius 1 is 1.45 bits per heavy atom. The van der Waals surface area contributed by atoms with Gasteiger partial charge in [0.15, 0.2) is 5.03 Å². The Morgan fingerprint density at radius 3 is 2.70 bits per heavy atom. The molecule has 2 heterocycles. The van der Waals surface area contributed by atoms with Gasteiger partial charge in [-0.15, -0.1) is 11.3 Å². The number of hydrogen-bond acceptors (Lipinski definition) is 5. The summed E-state index contributed by atoms with van der Waals surface area (Å²) in [5.74, 6) is -0.963. The van der Waals surface area contributed by atoms with E-state index >= 15 is 0 Å². The van der Waals surface area contributed by atoms with E-state index < -0.39 is 5.97 Å². The second-order valence-electron chi connectivity index (χ2n) is 5.13. The smallest absolute Gasteiger partial charge is 0.345 e. The van der Waals surface area contributed by atoms with Crippen LogP contribution in [0.1, 0.15) is 30.4 Å². The van der Waals surface area contributed by atoms with E-state index in [0.29, 0.717) is 9.92 Å². The summed E-state index contributed by atoms with van der Waals surface area (Å²) in [4.78, 5) is 28.2. The van der Waals surface area contributed by atoms with Gasteiger partial charge in [0.05, 0.1) is 0 Å². The summed E-state index contributed by atoms with van der Waals surface area (Å²) in [5, 5.41) is 10.9. The minimum Gasteiger partial charge on any atom is -0.477 e.